The van der Waals surface area contributed by atoms with Crippen molar-refractivity contribution in [2.75, 3.05) is 6.54 Å². The van der Waals surface area contributed by atoms with Gasteiger partial charge < -0.3 is 14.5 Å². The van der Waals surface area contributed by atoms with Crippen molar-refractivity contribution in [1.29, 1.82) is 5.26 Å². The van der Waals surface area contributed by atoms with E-state index < -0.39 is 12.1 Å². The molecule has 2 rings (SSSR count). The largest absolute Gasteiger partial charge is 0.449 e. The molecule has 0 unspecified atom stereocenters. The highest BCUT2D eigenvalue weighted by atomic mass is 16.5. The van der Waals surface area contributed by atoms with Crippen molar-refractivity contribution < 1.29 is 18.7 Å². The Morgan fingerprint density at radius 3 is 2.67 bits per heavy atom. The van der Waals surface area contributed by atoms with E-state index in [1.807, 2.05) is 13.0 Å². The summed E-state index contributed by atoms with van der Waals surface area (Å²) < 4.78 is 12.3. The van der Waals surface area contributed by atoms with E-state index in [2.05, 4.69) is 5.32 Å². The topological polar surface area (TPSA) is 97.3 Å². The Morgan fingerprint density at radius 1 is 1.42 bits per heavy atom. The van der Waals surface area contributed by atoms with Gasteiger partial charge in [0.1, 0.15) is 23.0 Å². The number of amides is 1. The first kappa shape index (κ1) is 17.3. The molecule has 0 aliphatic heterocycles. The van der Waals surface area contributed by atoms with Crippen LogP contribution < -0.4 is 5.32 Å². The van der Waals surface area contributed by atoms with Crippen molar-refractivity contribution in [3.63, 3.8) is 0 Å². The molecule has 2 aromatic heterocycles. The molecule has 0 aliphatic rings. The summed E-state index contributed by atoms with van der Waals surface area (Å²) in [6.07, 6.45) is 3.23. The van der Waals surface area contributed by atoms with Gasteiger partial charge in [-0.25, -0.2) is 4.79 Å². The van der Waals surface area contributed by atoms with E-state index in [0.717, 1.165) is 6.42 Å². The first-order valence-electron chi connectivity index (χ1n) is 7.65. The van der Waals surface area contributed by atoms with Crippen molar-refractivity contribution in [1.82, 2.24) is 9.88 Å². The highest BCUT2D eigenvalue weighted by molar-refractivity contribution is 5.96. The van der Waals surface area contributed by atoms with E-state index in [1.165, 1.54) is 6.92 Å². The van der Waals surface area contributed by atoms with Gasteiger partial charge in [-0.1, -0.05) is 6.92 Å². The van der Waals surface area contributed by atoms with Crippen LogP contribution in [0.4, 0.5) is 0 Å². The van der Waals surface area contributed by atoms with Gasteiger partial charge in [0.05, 0.1) is 0 Å². The third kappa shape index (κ3) is 3.49. The Labute approximate surface area is 139 Å². The minimum absolute atomic E-state index is 0.0383. The molecule has 1 amide bonds. The van der Waals surface area contributed by atoms with Crippen LogP contribution in [-0.2, 0) is 9.53 Å². The Hall–Kier alpha value is -3.01. The smallest absolute Gasteiger partial charge is 0.343 e. The summed E-state index contributed by atoms with van der Waals surface area (Å²) >= 11 is 0. The number of carbonyl (C=O) groups excluding carboxylic acids is 2. The zero-order valence-corrected chi connectivity index (χ0v) is 13.8. The first-order valence-corrected chi connectivity index (χ1v) is 7.65. The third-order valence-corrected chi connectivity index (χ3v) is 3.42. The Kier molecular flexibility index (Phi) is 5.42. The first-order chi connectivity index (χ1) is 11.5. The Balaban J connectivity index is 2.24. The highest BCUT2D eigenvalue weighted by Gasteiger charge is 2.28. The Morgan fingerprint density at radius 2 is 2.08 bits per heavy atom. The van der Waals surface area contributed by atoms with Crippen molar-refractivity contribution in [2.45, 2.75) is 33.3 Å². The monoisotopic (exact) mass is 329 g/mol. The van der Waals surface area contributed by atoms with Gasteiger partial charge in [0.2, 0.25) is 5.88 Å². The minimum atomic E-state index is -0.958. The summed E-state index contributed by atoms with van der Waals surface area (Å²) in [6.45, 7) is 5.49. The summed E-state index contributed by atoms with van der Waals surface area (Å²) in [5, 5.41) is 12.1. The van der Waals surface area contributed by atoms with Crippen LogP contribution in [0.3, 0.4) is 0 Å². The maximum absolute atomic E-state index is 12.4. The van der Waals surface area contributed by atoms with Crippen LogP contribution in [0.5, 0.6) is 0 Å². The van der Waals surface area contributed by atoms with Gasteiger partial charge in [-0.2, -0.15) is 5.26 Å². The fraction of sp³-hybridized carbons (Fsp3) is 0.353. The molecule has 2 heterocycles. The second-order valence-electron chi connectivity index (χ2n) is 5.25. The Bertz CT molecular complexity index is 769. The molecule has 7 heteroatoms. The summed E-state index contributed by atoms with van der Waals surface area (Å²) in [5.74, 6) is -0.628. The lowest BCUT2D eigenvalue weighted by Crippen LogP contribution is -2.36. The summed E-state index contributed by atoms with van der Waals surface area (Å²) in [5.41, 5.74) is 0.117. The molecule has 2 aromatic rings. The number of esters is 1. The van der Waals surface area contributed by atoms with Crippen LogP contribution in [-0.4, -0.2) is 29.1 Å². The number of nitrogens with one attached hydrogen (secondary N) is 1. The number of nitrogens with zero attached hydrogens (tertiary/aromatic N) is 2. The number of ether oxygens (including phenoxy) is 1. The molecule has 0 aliphatic carbocycles. The van der Waals surface area contributed by atoms with E-state index in [1.54, 1.807) is 36.0 Å². The number of aromatic nitrogens is 1. The predicted molar refractivity (Wildman–Crippen MR) is 85.7 cm³/mol. The van der Waals surface area contributed by atoms with Gasteiger partial charge in [0, 0.05) is 18.9 Å². The van der Waals surface area contributed by atoms with Crippen LogP contribution in [0.25, 0.3) is 5.88 Å². The van der Waals surface area contributed by atoms with Gasteiger partial charge in [-0.15, -0.1) is 0 Å². The summed E-state index contributed by atoms with van der Waals surface area (Å²) in [6, 6.07) is 5.52. The van der Waals surface area contributed by atoms with Crippen molar-refractivity contribution in [2.24, 2.45) is 0 Å². The maximum Gasteiger partial charge on any atom is 0.343 e. The molecule has 0 bridgehead atoms. The lowest BCUT2D eigenvalue weighted by Gasteiger charge is -2.12. The van der Waals surface area contributed by atoms with Crippen molar-refractivity contribution >= 4 is 11.9 Å². The molecule has 24 heavy (non-hydrogen) atoms. The predicted octanol–water partition coefficient (Wildman–Crippen LogP) is 2.32. The number of hydrogen-bond acceptors (Lipinski definition) is 5. The van der Waals surface area contributed by atoms with Crippen LogP contribution in [0, 0.1) is 18.3 Å². The molecule has 0 aromatic carbocycles. The number of rotatable bonds is 6. The van der Waals surface area contributed by atoms with Crippen molar-refractivity contribution in [3.05, 3.63) is 41.4 Å². The number of aryl methyl sites for hydroxylation is 1. The molecule has 1 N–H and O–H groups in total. The molecule has 0 fully saturated rings. The average Bonchev–Trinajstić information content (AvgIpc) is 3.19. The lowest BCUT2D eigenvalue weighted by molar-refractivity contribution is -0.129. The van der Waals surface area contributed by atoms with Gasteiger partial charge in [0.25, 0.3) is 5.91 Å². The second-order valence-corrected chi connectivity index (χ2v) is 5.25. The quantitative estimate of drug-likeness (QED) is 0.820. The summed E-state index contributed by atoms with van der Waals surface area (Å²) in [4.78, 5) is 24.2. The molecule has 0 spiro atoms. The van der Waals surface area contributed by atoms with Gasteiger partial charge in [0.15, 0.2) is 6.10 Å². The summed E-state index contributed by atoms with van der Waals surface area (Å²) in [7, 11) is 0. The van der Waals surface area contributed by atoms with E-state index >= 15 is 0 Å². The van der Waals surface area contributed by atoms with Gasteiger partial charge >= 0.3 is 5.97 Å². The molecular formula is C17H19N3O4. The number of nitriles is 1. The SMILES string of the molecule is CCCNC(=O)[C@H](C)OC(=O)c1c(C)oc(-n2cccc2)c1C#N. The molecule has 0 saturated carbocycles. The van der Waals surface area contributed by atoms with Gasteiger partial charge in [-0.3, -0.25) is 9.36 Å². The molecule has 0 saturated heterocycles. The van der Waals surface area contributed by atoms with E-state index in [0.29, 0.717) is 6.54 Å². The third-order valence-electron chi connectivity index (χ3n) is 3.42. The normalized spacial score (nSPS) is 11.6. The molecule has 7 nitrogen and oxygen atoms in total. The number of hydrogen-bond donors (Lipinski definition) is 1. The highest BCUT2D eigenvalue weighted by Crippen LogP contribution is 2.26. The molecular weight excluding hydrogens is 310 g/mol. The zero-order chi connectivity index (χ0) is 17.7. The number of furan rings is 1. The van der Waals surface area contributed by atoms with Crippen molar-refractivity contribution in [3.8, 4) is 12.0 Å². The lowest BCUT2D eigenvalue weighted by atomic mass is 10.1. The zero-order valence-electron chi connectivity index (χ0n) is 13.8. The standard InChI is InChI=1S/C17H19N3O4/c1-4-7-19-15(21)12(3)24-17(22)14-11(2)23-16(13(14)10-18)20-8-5-6-9-20/h5-6,8-9,12H,4,7H2,1-3H3,(H,19,21)/t12-/m0/s1. The van der Waals surface area contributed by atoms with Crippen LogP contribution in [0.15, 0.2) is 28.9 Å². The van der Waals surface area contributed by atoms with Crippen LogP contribution >= 0.6 is 0 Å². The van der Waals surface area contributed by atoms with E-state index in [-0.39, 0.29) is 28.7 Å². The fourth-order valence-corrected chi connectivity index (χ4v) is 2.20. The van der Waals surface area contributed by atoms with Crippen LogP contribution in [0.2, 0.25) is 0 Å². The number of carbonyl (C=O) groups is 2. The van der Waals surface area contributed by atoms with Gasteiger partial charge in [-0.05, 0) is 32.4 Å². The molecule has 0 radical (unpaired) electrons. The second kappa shape index (κ2) is 7.51. The fourth-order valence-electron chi connectivity index (χ4n) is 2.20. The average molecular weight is 329 g/mol. The minimum Gasteiger partial charge on any atom is -0.449 e. The maximum atomic E-state index is 12.4. The molecule has 1 atom stereocenters. The van der Waals surface area contributed by atoms with E-state index in [4.69, 9.17) is 9.15 Å². The van der Waals surface area contributed by atoms with E-state index in [9.17, 15) is 14.9 Å². The molecule has 126 valence electrons. The van der Waals surface area contributed by atoms with Crippen LogP contribution in [0.1, 0.15) is 41.9 Å².